The minimum absolute atomic E-state index is 0.182. The lowest BCUT2D eigenvalue weighted by Crippen LogP contribution is -2.49. The van der Waals surface area contributed by atoms with Crippen molar-refractivity contribution in [3.8, 4) is 0 Å². The van der Waals surface area contributed by atoms with Gasteiger partial charge in [0.15, 0.2) is 6.23 Å². The number of aliphatic hydroxyl groups is 2. The predicted octanol–water partition coefficient (Wildman–Crippen LogP) is 1.07. The van der Waals surface area contributed by atoms with E-state index in [1.54, 1.807) is 0 Å². The number of hydrogen-bond acceptors (Lipinski definition) is 7. The summed E-state index contributed by atoms with van der Waals surface area (Å²) < 4.78 is 20.2. The lowest BCUT2D eigenvalue weighted by Gasteiger charge is -2.18. The van der Waals surface area contributed by atoms with Crippen LogP contribution in [0.4, 0.5) is 4.79 Å². The first-order valence-electron chi connectivity index (χ1n) is 10.6. The molecule has 0 spiro atoms. The van der Waals surface area contributed by atoms with Crippen molar-refractivity contribution < 1.29 is 43.4 Å². The zero-order valence-corrected chi connectivity index (χ0v) is 18.3. The van der Waals surface area contributed by atoms with Crippen LogP contribution in [0.25, 0.3) is 0 Å². The Morgan fingerprint density at radius 2 is 1.84 bits per heavy atom. The summed E-state index contributed by atoms with van der Waals surface area (Å²) in [5.74, 6) is -0.0823. The largest absolute Gasteiger partial charge is 0.469 e. The molecule has 0 radical (unpaired) electrons. The first-order valence-corrected chi connectivity index (χ1v) is 12.2. The number of carbonyl (C=O) groups is 2. The molecule has 1 fully saturated rings. The van der Waals surface area contributed by atoms with Crippen LogP contribution < -0.4 is 10.6 Å². The van der Waals surface area contributed by atoms with Crippen LogP contribution in [0.1, 0.15) is 57.8 Å². The van der Waals surface area contributed by atoms with E-state index in [2.05, 4.69) is 27.3 Å². The summed E-state index contributed by atoms with van der Waals surface area (Å²) in [4.78, 5) is 41.6. The Morgan fingerprint density at radius 3 is 2.58 bits per heavy atom. The molecule has 4 unspecified atom stereocenters. The van der Waals surface area contributed by atoms with Crippen LogP contribution in [0, 0.1) is 5.92 Å². The maximum atomic E-state index is 12.1. The Bertz CT molecular complexity index is 669. The quantitative estimate of drug-likeness (QED) is 0.238. The number of phosphoric ester groups is 1. The fourth-order valence-electron chi connectivity index (χ4n) is 3.70. The van der Waals surface area contributed by atoms with Crippen LogP contribution >= 0.6 is 7.82 Å². The van der Waals surface area contributed by atoms with Crippen molar-refractivity contribution in [2.24, 2.45) is 5.92 Å². The van der Waals surface area contributed by atoms with Gasteiger partial charge in [0.05, 0.1) is 6.61 Å². The van der Waals surface area contributed by atoms with Crippen molar-refractivity contribution in [3.63, 3.8) is 0 Å². The molecular formula is C19H33N2O9P. The van der Waals surface area contributed by atoms with Gasteiger partial charge < -0.3 is 30.1 Å². The molecule has 11 nitrogen and oxygen atoms in total. The summed E-state index contributed by atoms with van der Waals surface area (Å²) in [6.07, 6.45) is 7.27. The number of amides is 3. The van der Waals surface area contributed by atoms with Gasteiger partial charge in [-0.3, -0.25) is 14.6 Å². The number of hydrogen-bond donors (Lipinski definition) is 6. The first-order chi connectivity index (χ1) is 14.7. The molecule has 1 heterocycles. The van der Waals surface area contributed by atoms with E-state index in [9.17, 15) is 24.4 Å². The average Bonchev–Trinajstić information content (AvgIpc) is 2.96. The standard InChI is InChI=1S/C19H33N2O9P/c22-15(11-10-13-8-6-4-2-1-3-5-7-9-13)20-19(25)21-18-17(24)16(23)14(30-18)12-29-31(26,27)28/h4,6,13-14,16-18,23-24H,1-3,5,7-12H2,(H2,26,27,28)(H2,20,21,22,25)/b6-4-/t13-,14?,16?,17?,18?/m1/s1. The van der Waals surface area contributed by atoms with Gasteiger partial charge in [-0.1, -0.05) is 37.8 Å². The highest BCUT2D eigenvalue weighted by Crippen LogP contribution is 2.37. The van der Waals surface area contributed by atoms with Crippen LogP contribution in [0.5, 0.6) is 0 Å². The van der Waals surface area contributed by atoms with E-state index in [1.807, 2.05) is 0 Å². The fourth-order valence-corrected chi connectivity index (χ4v) is 4.04. The van der Waals surface area contributed by atoms with Crippen LogP contribution in [0.2, 0.25) is 0 Å². The van der Waals surface area contributed by atoms with E-state index < -0.39 is 50.9 Å². The lowest BCUT2D eigenvalue weighted by molar-refractivity contribution is -0.120. The maximum absolute atomic E-state index is 12.1. The van der Waals surface area contributed by atoms with E-state index in [4.69, 9.17) is 14.5 Å². The van der Waals surface area contributed by atoms with Gasteiger partial charge in [0, 0.05) is 6.42 Å². The third kappa shape index (κ3) is 9.78. The number of ether oxygens (including phenoxy) is 1. The minimum atomic E-state index is -4.78. The Morgan fingerprint density at radius 1 is 1.10 bits per heavy atom. The molecule has 0 bridgehead atoms. The summed E-state index contributed by atoms with van der Waals surface area (Å²) in [5, 5.41) is 24.2. The van der Waals surface area contributed by atoms with Crippen molar-refractivity contribution >= 4 is 19.8 Å². The smallest absolute Gasteiger partial charge is 0.387 e. The highest BCUT2D eigenvalue weighted by atomic mass is 31.2. The number of allylic oxidation sites excluding steroid dienone is 2. The van der Waals surface area contributed by atoms with Crippen LogP contribution in [0.15, 0.2) is 12.2 Å². The van der Waals surface area contributed by atoms with E-state index >= 15 is 0 Å². The second-order valence-corrected chi connectivity index (χ2v) is 9.23. The molecule has 2 rings (SSSR count). The maximum Gasteiger partial charge on any atom is 0.469 e. The normalized spacial score (nSPS) is 31.0. The van der Waals surface area contributed by atoms with Gasteiger partial charge in [-0.25, -0.2) is 9.36 Å². The number of nitrogens with one attached hydrogen (secondary N) is 2. The van der Waals surface area contributed by atoms with Gasteiger partial charge in [-0.05, 0) is 31.6 Å². The van der Waals surface area contributed by atoms with Crippen molar-refractivity contribution in [2.75, 3.05) is 6.61 Å². The summed E-state index contributed by atoms with van der Waals surface area (Å²) in [7, 11) is -4.78. The highest BCUT2D eigenvalue weighted by molar-refractivity contribution is 7.46. The number of imide groups is 1. The Kier molecular flexibility index (Phi) is 10.6. The molecule has 2 aliphatic rings. The number of aliphatic hydroxyl groups excluding tert-OH is 2. The van der Waals surface area contributed by atoms with Crippen LogP contribution in [-0.4, -0.2) is 63.1 Å². The van der Waals surface area contributed by atoms with Crippen LogP contribution in [0.3, 0.4) is 0 Å². The van der Waals surface area contributed by atoms with Crippen molar-refractivity contribution in [3.05, 3.63) is 12.2 Å². The van der Waals surface area contributed by atoms with Gasteiger partial charge in [-0.2, -0.15) is 0 Å². The molecule has 31 heavy (non-hydrogen) atoms. The summed E-state index contributed by atoms with van der Waals surface area (Å²) in [6.45, 7) is -0.683. The van der Waals surface area contributed by atoms with E-state index in [0.717, 1.165) is 25.7 Å². The number of carbonyl (C=O) groups excluding carboxylic acids is 2. The average molecular weight is 464 g/mol. The molecule has 0 aromatic carbocycles. The summed E-state index contributed by atoms with van der Waals surface area (Å²) in [6, 6.07) is -0.899. The van der Waals surface area contributed by atoms with E-state index in [0.29, 0.717) is 12.3 Å². The Balaban J connectivity index is 1.73. The molecule has 6 N–H and O–H groups in total. The molecule has 3 amide bonds. The number of urea groups is 1. The molecule has 1 aliphatic heterocycles. The van der Waals surface area contributed by atoms with Crippen LogP contribution in [-0.2, 0) is 18.6 Å². The Hall–Kier alpha value is -1.33. The first kappa shape index (κ1) is 25.9. The molecule has 178 valence electrons. The van der Waals surface area contributed by atoms with Gasteiger partial charge in [0.25, 0.3) is 0 Å². The number of rotatable bonds is 7. The zero-order chi connectivity index (χ0) is 22.9. The summed E-state index contributed by atoms with van der Waals surface area (Å²) >= 11 is 0. The second-order valence-electron chi connectivity index (χ2n) is 7.99. The van der Waals surface area contributed by atoms with Crippen molar-refractivity contribution in [2.45, 2.75) is 82.3 Å². The van der Waals surface area contributed by atoms with Gasteiger partial charge in [-0.15, -0.1) is 0 Å². The second kappa shape index (κ2) is 12.6. The molecule has 0 saturated carbocycles. The lowest BCUT2D eigenvalue weighted by atomic mass is 9.91. The highest BCUT2D eigenvalue weighted by Gasteiger charge is 2.44. The van der Waals surface area contributed by atoms with Gasteiger partial charge in [0.2, 0.25) is 5.91 Å². The third-order valence-electron chi connectivity index (χ3n) is 5.44. The van der Waals surface area contributed by atoms with Crippen molar-refractivity contribution in [1.29, 1.82) is 0 Å². The molecule has 1 aliphatic carbocycles. The van der Waals surface area contributed by atoms with Crippen molar-refractivity contribution in [1.82, 2.24) is 10.6 Å². The molecular weight excluding hydrogens is 431 g/mol. The Labute approximate surface area is 181 Å². The molecule has 0 aromatic rings. The topological polar surface area (TPSA) is 175 Å². The molecule has 12 heteroatoms. The summed E-state index contributed by atoms with van der Waals surface area (Å²) in [5.41, 5.74) is 0. The molecule has 1 saturated heterocycles. The monoisotopic (exact) mass is 464 g/mol. The van der Waals surface area contributed by atoms with E-state index in [1.165, 1.54) is 19.3 Å². The van der Waals surface area contributed by atoms with Gasteiger partial charge in [0.1, 0.15) is 18.3 Å². The molecule has 5 atom stereocenters. The minimum Gasteiger partial charge on any atom is -0.387 e. The third-order valence-corrected chi connectivity index (χ3v) is 5.93. The SMILES string of the molecule is O=C(CC[C@@H]1C/C=C\CCCCCC1)NC(=O)NC1OC(COP(=O)(O)O)C(O)C1O. The van der Waals surface area contributed by atoms with E-state index in [-0.39, 0.29) is 6.42 Å². The van der Waals surface area contributed by atoms with Gasteiger partial charge >= 0.3 is 13.9 Å². The zero-order valence-electron chi connectivity index (χ0n) is 17.4. The molecule has 0 aromatic heterocycles. The fraction of sp³-hybridized carbons (Fsp3) is 0.789. The predicted molar refractivity (Wildman–Crippen MR) is 110 cm³/mol. The number of phosphoric acid groups is 1.